The van der Waals surface area contributed by atoms with Crippen LogP contribution < -0.4 is 4.74 Å². The Kier molecular flexibility index (Phi) is 3.63. The molecule has 0 aliphatic heterocycles. The van der Waals surface area contributed by atoms with Crippen LogP contribution in [0.1, 0.15) is 24.8 Å². The van der Waals surface area contributed by atoms with Crippen molar-refractivity contribution in [1.29, 1.82) is 0 Å². The first-order chi connectivity index (χ1) is 6.72. The van der Waals surface area contributed by atoms with E-state index in [1.165, 1.54) is 13.2 Å². The van der Waals surface area contributed by atoms with E-state index in [0.717, 1.165) is 6.29 Å². The molecule has 76 valence electrons. The molecule has 0 spiro atoms. The number of aldehydes is 1. The molecule has 0 saturated carbocycles. The summed E-state index contributed by atoms with van der Waals surface area (Å²) in [5.41, 5.74) is 0.434. The van der Waals surface area contributed by atoms with Crippen molar-refractivity contribution in [2.75, 3.05) is 7.11 Å². The lowest BCUT2D eigenvalue weighted by molar-refractivity contribution is -0.109. The van der Waals surface area contributed by atoms with Crippen LogP contribution in [0, 0.1) is 5.82 Å². The monoisotopic (exact) mass is 196 g/mol. The van der Waals surface area contributed by atoms with Crippen LogP contribution in [0.15, 0.2) is 18.2 Å². The van der Waals surface area contributed by atoms with Gasteiger partial charge in [0.25, 0.3) is 0 Å². The summed E-state index contributed by atoms with van der Waals surface area (Å²) in [7, 11) is 1.48. The second kappa shape index (κ2) is 4.74. The Morgan fingerprint density at radius 2 is 2.29 bits per heavy atom. The number of hydrogen-bond donors (Lipinski definition) is 0. The minimum atomic E-state index is -0.386. The summed E-state index contributed by atoms with van der Waals surface area (Å²) in [6.45, 7) is 1.85. The molecule has 14 heavy (non-hydrogen) atoms. The highest BCUT2D eigenvalue weighted by atomic mass is 19.1. The second-order valence-electron chi connectivity index (χ2n) is 3.04. The molecule has 0 bridgehead atoms. The van der Waals surface area contributed by atoms with E-state index in [4.69, 9.17) is 4.74 Å². The minimum Gasteiger partial charge on any atom is -0.497 e. The third-order valence-electron chi connectivity index (χ3n) is 2.21. The Hall–Kier alpha value is -1.38. The van der Waals surface area contributed by atoms with Gasteiger partial charge in [0.1, 0.15) is 17.9 Å². The number of carbonyl (C=O) groups is 1. The third kappa shape index (κ3) is 2.10. The largest absolute Gasteiger partial charge is 0.497 e. The number of hydrogen-bond acceptors (Lipinski definition) is 2. The Morgan fingerprint density at radius 3 is 2.71 bits per heavy atom. The van der Waals surface area contributed by atoms with Crippen molar-refractivity contribution in [3.05, 3.63) is 29.6 Å². The lowest BCUT2D eigenvalue weighted by Gasteiger charge is -2.09. The maximum Gasteiger partial charge on any atom is 0.130 e. The molecule has 1 aromatic rings. The van der Waals surface area contributed by atoms with Gasteiger partial charge < -0.3 is 9.53 Å². The maximum atomic E-state index is 13.4. The smallest absolute Gasteiger partial charge is 0.130 e. The Bertz CT molecular complexity index is 323. The lowest BCUT2D eigenvalue weighted by atomic mass is 9.97. The Labute approximate surface area is 82.7 Å². The van der Waals surface area contributed by atoms with Gasteiger partial charge in [0.05, 0.1) is 7.11 Å². The number of rotatable bonds is 4. The molecule has 0 N–H and O–H groups in total. The Morgan fingerprint density at radius 1 is 1.57 bits per heavy atom. The van der Waals surface area contributed by atoms with E-state index >= 15 is 0 Å². The fourth-order valence-corrected chi connectivity index (χ4v) is 1.32. The summed E-state index contributed by atoms with van der Waals surface area (Å²) in [5, 5.41) is 0. The van der Waals surface area contributed by atoms with Gasteiger partial charge in [-0.1, -0.05) is 13.0 Å². The molecule has 0 aliphatic rings. The van der Waals surface area contributed by atoms with Gasteiger partial charge >= 0.3 is 0 Å². The van der Waals surface area contributed by atoms with Crippen LogP contribution in [0.25, 0.3) is 0 Å². The van der Waals surface area contributed by atoms with Crippen molar-refractivity contribution in [3.63, 3.8) is 0 Å². The van der Waals surface area contributed by atoms with E-state index in [9.17, 15) is 9.18 Å². The van der Waals surface area contributed by atoms with E-state index in [1.807, 2.05) is 6.92 Å². The first-order valence-electron chi connectivity index (χ1n) is 4.51. The highest BCUT2D eigenvalue weighted by Crippen LogP contribution is 2.24. The Balaban J connectivity index is 3.04. The standard InChI is InChI=1S/C11H13FO2/c1-3-8(7-13)10-5-4-9(14-2)6-11(10)12/h4-8H,3H2,1-2H3. The average molecular weight is 196 g/mol. The van der Waals surface area contributed by atoms with Crippen LogP contribution in [-0.4, -0.2) is 13.4 Å². The van der Waals surface area contributed by atoms with E-state index in [2.05, 4.69) is 0 Å². The predicted molar refractivity (Wildman–Crippen MR) is 52.0 cm³/mol. The number of halogens is 1. The molecule has 0 heterocycles. The normalized spacial score (nSPS) is 12.2. The fraction of sp³-hybridized carbons (Fsp3) is 0.364. The molecule has 1 unspecified atom stereocenters. The molecule has 0 aliphatic carbocycles. The van der Waals surface area contributed by atoms with Crippen LogP contribution in [0.4, 0.5) is 4.39 Å². The summed E-state index contributed by atoms with van der Waals surface area (Å²) < 4.78 is 18.3. The van der Waals surface area contributed by atoms with Crippen molar-refractivity contribution in [3.8, 4) is 5.75 Å². The molecule has 1 rings (SSSR count). The highest BCUT2D eigenvalue weighted by molar-refractivity contribution is 5.62. The van der Waals surface area contributed by atoms with Gasteiger partial charge in [-0.15, -0.1) is 0 Å². The van der Waals surface area contributed by atoms with Gasteiger partial charge in [0.15, 0.2) is 0 Å². The molecule has 3 heteroatoms. The van der Waals surface area contributed by atoms with Gasteiger partial charge in [-0.2, -0.15) is 0 Å². The number of benzene rings is 1. The van der Waals surface area contributed by atoms with E-state index < -0.39 is 0 Å². The first kappa shape index (κ1) is 10.7. The lowest BCUT2D eigenvalue weighted by Crippen LogP contribution is -2.01. The zero-order valence-corrected chi connectivity index (χ0v) is 8.29. The molecule has 0 fully saturated rings. The maximum absolute atomic E-state index is 13.4. The third-order valence-corrected chi connectivity index (χ3v) is 2.21. The molecule has 0 saturated heterocycles. The van der Waals surface area contributed by atoms with Gasteiger partial charge in [-0.05, 0) is 18.1 Å². The molecule has 0 aromatic heterocycles. The van der Waals surface area contributed by atoms with Crippen LogP contribution in [0.5, 0.6) is 5.75 Å². The van der Waals surface area contributed by atoms with Crippen LogP contribution in [0.2, 0.25) is 0 Å². The zero-order chi connectivity index (χ0) is 10.6. The molecule has 1 aromatic carbocycles. The first-order valence-corrected chi connectivity index (χ1v) is 4.51. The van der Waals surface area contributed by atoms with Crippen LogP contribution in [-0.2, 0) is 4.79 Å². The summed E-state index contributed by atoms with van der Waals surface area (Å²) >= 11 is 0. The van der Waals surface area contributed by atoms with Crippen LogP contribution in [0.3, 0.4) is 0 Å². The highest BCUT2D eigenvalue weighted by Gasteiger charge is 2.13. The second-order valence-corrected chi connectivity index (χ2v) is 3.04. The average Bonchev–Trinajstić information content (AvgIpc) is 2.22. The van der Waals surface area contributed by atoms with Crippen molar-refractivity contribution >= 4 is 6.29 Å². The summed E-state index contributed by atoms with van der Waals surface area (Å²) in [6, 6.07) is 4.54. The number of carbonyl (C=O) groups excluding carboxylic acids is 1. The van der Waals surface area contributed by atoms with Crippen molar-refractivity contribution in [2.45, 2.75) is 19.3 Å². The quantitative estimate of drug-likeness (QED) is 0.692. The minimum absolute atomic E-state index is 0.360. The fourth-order valence-electron chi connectivity index (χ4n) is 1.32. The van der Waals surface area contributed by atoms with E-state index in [1.54, 1.807) is 12.1 Å². The SMILES string of the molecule is CCC(C=O)c1ccc(OC)cc1F. The molecule has 2 nitrogen and oxygen atoms in total. The zero-order valence-electron chi connectivity index (χ0n) is 8.29. The van der Waals surface area contributed by atoms with E-state index in [0.29, 0.717) is 17.7 Å². The summed E-state index contributed by atoms with van der Waals surface area (Å²) in [4.78, 5) is 10.6. The molecular formula is C11H13FO2. The predicted octanol–water partition coefficient (Wildman–Crippen LogP) is 2.53. The van der Waals surface area contributed by atoms with Gasteiger partial charge in [0.2, 0.25) is 0 Å². The van der Waals surface area contributed by atoms with E-state index in [-0.39, 0.29) is 11.7 Å². The van der Waals surface area contributed by atoms with Gasteiger partial charge in [-0.25, -0.2) is 4.39 Å². The number of ether oxygens (including phenoxy) is 1. The van der Waals surface area contributed by atoms with Crippen molar-refractivity contribution in [2.24, 2.45) is 0 Å². The molecule has 0 radical (unpaired) electrons. The van der Waals surface area contributed by atoms with Gasteiger partial charge in [0, 0.05) is 12.0 Å². The molecule has 0 amide bonds. The summed E-state index contributed by atoms with van der Waals surface area (Å²) in [5.74, 6) is -0.281. The summed E-state index contributed by atoms with van der Waals surface area (Å²) in [6.07, 6.45) is 1.37. The number of methoxy groups -OCH3 is 1. The van der Waals surface area contributed by atoms with Crippen LogP contribution >= 0.6 is 0 Å². The van der Waals surface area contributed by atoms with Gasteiger partial charge in [-0.3, -0.25) is 0 Å². The molecular weight excluding hydrogens is 183 g/mol. The van der Waals surface area contributed by atoms with Crippen molar-refractivity contribution < 1.29 is 13.9 Å². The topological polar surface area (TPSA) is 26.3 Å². The van der Waals surface area contributed by atoms with Crippen molar-refractivity contribution in [1.82, 2.24) is 0 Å². The molecule has 1 atom stereocenters.